The zero-order valence-corrected chi connectivity index (χ0v) is 12.8. The normalized spacial score (nSPS) is 10.5. The number of methoxy groups -OCH3 is 1. The molecule has 23 heavy (non-hydrogen) atoms. The van der Waals surface area contributed by atoms with Crippen LogP contribution in [0.2, 0.25) is 5.02 Å². The highest BCUT2D eigenvalue weighted by atomic mass is 35.5. The van der Waals surface area contributed by atoms with Crippen LogP contribution in [0.25, 0.3) is 10.9 Å². The van der Waals surface area contributed by atoms with Crippen molar-refractivity contribution in [2.24, 2.45) is 0 Å². The third kappa shape index (κ3) is 3.17. The molecule has 0 aliphatic rings. The number of H-pyrrole nitrogens is 1. The molecule has 0 unspecified atom stereocenters. The number of carbonyl (C=O) groups excluding carboxylic acids is 2. The monoisotopic (exact) mass is 329 g/mol. The van der Waals surface area contributed by atoms with Crippen molar-refractivity contribution in [3.8, 4) is 0 Å². The van der Waals surface area contributed by atoms with E-state index in [1.165, 1.54) is 25.4 Å². The smallest absolute Gasteiger partial charge is 0.339 e. The summed E-state index contributed by atoms with van der Waals surface area (Å²) >= 11 is 5.93. The van der Waals surface area contributed by atoms with Gasteiger partial charge < -0.3 is 15.0 Å². The summed E-state index contributed by atoms with van der Waals surface area (Å²) in [5, 5.41) is 4.10. The number of anilines is 1. The lowest BCUT2D eigenvalue weighted by Crippen LogP contribution is -2.13. The SMILES string of the molecule is COC(=O)c1ccc(NC(=O)c2cc3cc(Cl)ccc3[nH]2)nc1. The summed E-state index contributed by atoms with van der Waals surface area (Å²) in [4.78, 5) is 30.6. The highest BCUT2D eigenvalue weighted by molar-refractivity contribution is 6.31. The number of pyridine rings is 1. The Hall–Kier alpha value is -2.86. The van der Waals surface area contributed by atoms with Gasteiger partial charge in [-0.2, -0.15) is 0 Å². The number of ether oxygens (including phenoxy) is 1. The van der Waals surface area contributed by atoms with Gasteiger partial charge in [-0.05, 0) is 36.4 Å². The van der Waals surface area contributed by atoms with Gasteiger partial charge in [0.25, 0.3) is 5.91 Å². The van der Waals surface area contributed by atoms with E-state index in [2.05, 4.69) is 20.0 Å². The molecule has 3 rings (SSSR count). The number of benzene rings is 1. The molecule has 0 radical (unpaired) electrons. The number of aromatic amines is 1. The molecular formula is C16H12ClN3O3. The van der Waals surface area contributed by atoms with E-state index in [1.54, 1.807) is 24.3 Å². The molecule has 0 atom stereocenters. The third-order valence-corrected chi connectivity index (χ3v) is 3.49. The van der Waals surface area contributed by atoms with Gasteiger partial charge in [0.1, 0.15) is 11.5 Å². The number of aromatic nitrogens is 2. The molecular weight excluding hydrogens is 318 g/mol. The maximum Gasteiger partial charge on any atom is 0.339 e. The molecule has 2 aromatic heterocycles. The van der Waals surface area contributed by atoms with Gasteiger partial charge >= 0.3 is 5.97 Å². The van der Waals surface area contributed by atoms with Crippen molar-refractivity contribution in [2.45, 2.75) is 0 Å². The van der Waals surface area contributed by atoms with Gasteiger partial charge in [-0.25, -0.2) is 9.78 Å². The van der Waals surface area contributed by atoms with Crippen LogP contribution in [0, 0.1) is 0 Å². The lowest BCUT2D eigenvalue weighted by Gasteiger charge is -2.03. The van der Waals surface area contributed by atoms with Crippen molar-refractivity contribution in [1.29, 1.82) is 0 Å². The summed E-state index contributed by atoms with van der Waals surface area (Å²) in [5.74, 6) is -0.488. The molecule has 0 saturated carbocycles. The Kier molecular flexibility index (Phi) is 3.99. The molecule has 0 saturated heterocycles. The zero-order valence-electron chi connectivity index (χ0n) is 12.1. The predicted molar refractivity (Wildman–Crippen MR) is 86.8 cm³/mol. The van der Waals surface area contributed by atoms with Crippen molar-refractivity contribution >= 4 is 40.2 Å². The van der Waals surface area contributed by atoms with E-state index in [-0.39, 0.29) is 5.91 Å². The summed E-state index contributed by atoms with van der Waals surface area (Å²) in [6, 6.07) is 10.1. The summed E-state index contributed by atoms with van der Waals surface area (Å²) in [6.45, 7) is 0. The number of esters is 1. The number of carbonyl (C=O) groups is 2. The van der Waals surface area contributed by atoms with Crippen LogP contribution < -0.4 is 5.32 Å². The van der Waals surface area contributed by atoms with Crippen molar-refractivity contribution in [3.05, 3.63) is 58.9 Å². The zero-order chi connectivity index (χ0) is 16.4. The number of halogens is 1. The average Bonchev–Trinajstić information content (AvgIpc) is 2.98. The van der Waals surface area contributed by atoms with Crippen LogP contribution in [-0.2, 0) is 4.74 Å². The second kappa shape index (κ2) is 6.10. The third-order valence-electron chi connectivity index (χ3n) is 3.25. The van der Waals surface area contributed by atoms with Gasteiger partial charge in [0.05, 0.1) is 12.7 Å². The van der Waals surface area contributed by atoms with E-state index in [9.17, 15) is 9.59 Å². The molecule has 0 spiro atoms. The second-order valence-corrected chi connectivity index (χ2v) is 5.23. The Labute approximate surface area is 136 Å². The molecule has 3 aromatic rings. The molecule has 116 valence electrons. The molecule has 0 fully saturated rings. The molecule has 1 aromatic carbocycles. The highest BCUT2D eigenvalue weighted by Gasteiger charge is 2.11. The van der Waals surface area contributed by atoms with Crippen LogP contribution in [0.5, 0.6) is 0 Å². The summed E-state index contributed by atoms with van der Waals surface area (Å²) in [7, 11) is 1.29. The molecule has 0 aliphatic carbocycles. The Balaban J connectivity index is 1.78. The number of hydrogen-bond donors (Lipinski definition) is 2. The first kappa shape index (κ1) is 15.1. The van der Waals surface area contributed by atoms with E-state index < -0.39 is 5.97 Å². The number of fused-ring (bicyclic) bond motifs is 1. The largest absolute Gasteiger partial charge is 0.465 e. The van der Waals surface area contributed by atoms with Gasteiger partial charge in [-0.1, -0.05) is 11.6 Å². The lowest BCUT2D eigenvalue weighted by atomic mass is 10.2. The van der Waals surface area contributed by atoms with Gasteiger partial charge in [-0.15, -0.1) is 0 Å². The average molecular weight is 330 g/mol. The van der Waals surface area contributed by atoms with E-state index >= 15 is 0 Å². The summed E-state index contributed by atoms with van der Waals surface area (Å²) in [6.07, 6.45) is 1.34. The van der Waals surface area contributed by atoms with Crippen molar-refractivity contribution < 1.29 is 14.3 Å². The Morgan fingerprint density at radius 3 is 2.74 bits per heavy atom. The minimum Gasteiger partial charge on any atom is -0.465 e. The van der Waals surface area contributed by atoms with Crippen molar-refractivity contribution in [3.63, 3.8) is 0 Å². The van der Waals surface area contributed by atoms with E-state index in [0.29, 0.717) is 22.1 Å². The Morgan fingerprint density at radius 2 is 2.04 bits per heavy atom. The molecule has 6 nitrogen and oxygen atoms in total. The standard InChI is InChI=1S/C16H12ClN3O3/c1-23-16(22)9-2-5-14(18-8-9)20-15(21)13-7-10-6-11(17)3-4-12(10)19-13/h2-8,19H,1H3,(H,18,20,21). The van der Waals surface area contributed by atoms with Crippen LogP contribution in [-0.4, -0.2) is 29.0 Å². The topological polar surface area (TPSA) is 84.1 Å². The van der Waals surface area contributed by atoms with Crippen molar-refractivity contribution in [2.75, 3.05) is 12.4 Å². The fraction of sp³-hybridized carbons (Fsp3) is 0.0625. The summed E-state index contributed by atoms with van der Waals surface area (Å²) in [5.41, 5.74) is 1.51. The van der Waals surface area contributed by atoms with Crippen LogP contribution in [0.1, 0.15) is 20.8 Å². The molecule has 7 heteroatoms. The Bertz CT molecular complexity index is 887. The first-order valence-corrected chi connectivity index (χ1v) is 7.08. The number of hydrogen-bond acceptors (Lipinski definition) is 4. The van der Waals surface area contributed by atoms with E-state index in [0.717, 1.165) is 10.9 Å². The first-order valence-electron chi connectivity index (χ1n) is 6.71. The van der Waals surface area contributed by atoms with E-state index in [1.807, 2.05) is 0 Å². The molecule has 2 N–H and O–H groups in total. The van der Waals surface area contributed by atoms with Gasteiger partial charge in [0.2, 0.25) is 0 Å². The first-order chi connectivity index (χ1) is 11.1. The molecule has 0 bridgehead atoms. The van der Waals surface area contributed by atoms with Gasteiger partial charge in [-0.3, -0.25) is 4.79 Å². The number of amides is 1. The van der Waals surface area contributed by atoms with Crippen LogP contribution in [0.15, 0.2) is 42.6 Å². The number of nitrogens with zero attached hydrogens (tertiary/aromatic N) is 1. The minimum atomic E-state index is -0.483. The number of nitrogens with one attached hydrogen (secondary N) is 2. The molecule has 1 amide bonds. The van der Waals surface area contributed by atoms with Crippen molar-refractivity contribution in [1.82, 2.24) is 9.97 Å². The fourth-order valence-electron chi connectivity index (χ4n) is 2.12. The van der Waals surface area contributed by atoms with Crippen LogP contribution in [0.4, 0.5) is 5.82 Å². The van der Waals surface area contributed by atoms with Crippen LogP contribution in [0.3, 0.4) is 0 Å². The lowest BCUT2D eigenvalue weighted by molar-refractivity contribution is 0.0600. The van der Waals surface area contributed by atoms with E-state index in [4.69, 9.17) is 11.6 Å². The van der Waals surface area contributed by atoms with Crippen LogP contribution >= 0.6 is 11.6 Å². The molecule has 2 heterocycles. The fourth-order valence-corrected chi connectivity index (χ4v) is 2.30. The second-order valence-electron chi connectivity index (χ2n) is 4.79. The quantitative estimate of drug-likeness (QED) is 0.722. The maximum atomic E-state index is 12.2. The van der Waals surface area contributed by atoms with Gasteiger partial charge in [0, 0.05) is 22.1 Å². The van der Waals surface area contributed by atoms with Gasteiger partial charge in [0.15, 0.2) is 0 Å². The Morgan fingerprint density at radius 1 is 1.22 bits per heavy atom. The number of rotatable bonds is 3. The molecule has 0 aliphatic heterocycles. The minimum absolute atomic E-state index is 0.311. The highest BCUT2D eigenvalue weighted by Crippen LogP contribution is 2.20. The maximum absolute atomic E-state index is 12.2. The predicted octanol–water partition coefficient (Wildman–Crippen LogP) is 3.26. The summed E-state index contributed by atoms with van der Waals surface area (Å²) < 4.78 is 4.59.